The number of ketones is 1. The lowest BCUT2D eigenvalue weighted by Gasteiger charge is -2.26. The molecule has 0 bridgehead atoms. The standard InChI is InChI=1S/C14H17F2NO/c1-2-6-14(7-8-17-9-14)13(18)12-10(15)4-3-5-11(12)16/h3-5,17H,2,6-9H2,1H3. The maximum Gasteiger partial charge on any atom is 0.176 e. The van der Waals surface area contributed by atoms with Crippen molar-refractivity contribution in [3.63, 3.8) is 0 Å². The molecule has 2 rings (SSSR count). The van der Waals surface area contributed by atoms with E-state index in [4.69, 9.17) is 0 Å². The third-order valence-corrected chi connectivity index (χ3v) is 3.64. The number of halogens is 2. The van der Waals surface area contributed by atoms with E-state index in [1.165, 1.54) is 6.07 Å². The molecule has 18 heavy (non-hydrogen) atoms. The molecule has 1 unspecified atom stereocenters. The van der Waals surface area contributed by atoms with Crippen LogP contribution < -0.4 is 5.32 Å². The van der Waals surface area contributed by atoms with Gasteiger partial charge in [-0.2, -0.15) is 0 Å². The van der Waals surface area contributed by atoms with Crippen LogP contribution in [0, 0.1) is 17.0 Å². The minimum atomic E-state index is -0.762. The van der Waals surface area contributed by atoms with Gasteiger partial charge >= 0.3 is 0 Å². The summed E-state index contributed by atoms with van der Waals surface area (Å²) in [6.07, 6.45) is 2.13. The lowest BCUT2D eigenvalue weighted by molar-refractivity contribution is 0.0792. The van der Waals surface area contributed by atoms with Gasteiger partial charge in [0.2, 0.25) is 0 Å². The fourth-order valence-electron chi connectivity index (χ4n) is 2.72. The highest BCUT2D eigenvalue weighted by molar-refractivity contribution is 6.01. The van der Waals surface area contributed by atoms with Gasteiger partial charge in [0.1, 0.15) is 11.6 Å². The number of carbonyl (C=O) groups excluding carboxylic acids is 1. The van der Waals surface area contributed by atoms with Gasteiger partial charge in [-0.25, -0.2) is 8.78 Å². The quantitative estimate of drug-likeness (QED) is 0.836. The first-order chi connectivity index (χ1) is 8.60. The van der Waals surface area contributed by atoms with Crippen LogP contribution in [0.4, 0.5) is 8.78 Å². The number of rotatable bonds is 4. The van der Waals surface area contributed by atoms with E-state index >= 15 is 0 Å². The number of hydrogen-bond acceptors (Lipinski definition) is 2. The molecular weight excluding hydrogens is 236 g/mol. The van der Waals surface area contributed by atoms with Crippen molar-refractivity contribution in [3.8, 4) is 0 Å². The van der Waals surface area contributed by atoms with Crippen LogP contribution >= 0.6 is 0 Å². The smallest absolute Gasteiger partial charge is 0.176 e. The molecule has 1 fully saturated rings. The first-order valence-corrected chi connectivity index (χ1v) is 6.30. The molecule has 1 aliphatic rings. The highest BCUT2D eigenvalue weighted by Crippen LogP contribution is 2.36. The average Bonchev–Trinajstić information content (AvgIpc) is 2.79. The van der Waals surface area contributed by atoms with Crippen LogP contribution in [0.15, 0.2) is 18.2 Å². The molecule has 98 valence electrons. The molecule has 0 spiro atoms. The van der Waals surface area contributed by atoms with Crippen LogP contribution in [0.1, 0.15) is 36.5 Å². The fraction of sp³-hybridized carbons (Fsp3) is 0.500. The number of nitrogens with one attached hydrogen (secondary N) is 1. The Morgan fingerprint density at radius 3 is 2.56 bits per heavy atom. The van der Waals surface area contributed by atoms with Crippen molar-refractivity contribution in [3.05, 3.63) is 35.4 Å². The van der Waals surface area contributed by atoms with Gasteiger partial charge in [0.15, 0.2) is 5.78 Å². The largest absolute Gasteiger partial charge is 0.316 e. The predicted octanol–water partition coefficient (Wildman–Crippen LogP) is 2.93. The summed E-state index contributed by atoms with van der Waals surface area (Å²) in [6.45, 7) is 3.21. The molecular formula is C14H17F2NO. The second kappa shape index (κ2) is 5.14. The van der Waals surface area contributed by atoms with Crippen LogP contribution in [0.25, 0.3) is 0 Å². The SMILES string of the molecule is CCCC1(C(=O)c2c(F)cccc2F)CCNC1. The van der Waals surface area contributed by atoms with Gasteiger partial charge in [0.25, 0.3) is 0 Å². The van der Waals surface area contributed by atoms with E-state index in [2.05, 4.69) is 5.32 Å². The van der Waals surface area contributed by atoms with Crippen LogP contribution in [-0.4, -0.2) is 18.9 Å². The van der Waals surface area contributed by atoms with Crippen LogP contribution in [-0.2, 0) is 0 Å². The summed E-state index contributed by atoms with van der Waals surface area (Å²) in [7, 11) is 0. The van der Waals surface area contributed by atoms with Gasteiger partial charge < -0.3 is 5.32 Å². The Hall–Kier alpha value is -1.29. The maximum absolute atomic E-state index is 13.7. The molecule has 1 aromatic rings. The van der Waals surface area contributed by atoms with E-state index in [0.717, 1.165) is 25.1 Å². The summed E-state index contributed by atoms with van der Waals surface area (Å²) in [5.74, 6) is -1.92. The highest BCUT2D eigenvalue weighted by atomic mass is 19.1. The summed E-state index contributed by atoms with van der Waals surface area (Å²) < 4.78 is 27.4. The number of hydrogen-bond donors (Lipinski definition) is 1. The third-order valence-electron chi connectivity index (χ3n) is 3.64. The number of benzene rings is 1. The van der Waals surface area contributed by atoms with E-state index in [1.807, 2.05) is 6.92 Å². The second-order valence-corrected chi connectivity index (χ2v) is 4.88. The van der Waals surface area contributed by atoms with Gasteiger partial charge in [-0.3, -0.25) is 4.79 Å². The lowest BCUT2D eigenvalue weighted by Crippen LogP contribution is -2.34. The Balaban J connectivity index is 2.40. The van der Waals surface area contributed by atoms with E-state index in [0.29, 0.717) is 19.4 Å². The van der Waals surface area contributed by atoms with Gasteiger partial charge in [-0.15, -0.1) is 0 Å². The molecule has 1 atom stereocenters. The molecule has 1 heterocycles. The molecule has 0 amide bonds. The molecule has 0 saturated carbocycles. The van der Waals surface area contributed by atoms with Crippen molar-refractivity contribution in [2.75, 3.05) is 13.1 Å². The van der Waals surface area contributed by atoms with Crippen molar-refractivity contribution in [2.24, 2.45) is 5.41 Å². The summed E-state index contributed by atoms with van der Waals surface area (Å²) >= 11 is 0. The van der Waals surface area contributed by atoms with E-state index in [9.17, 15) is 13.6 Å². The predicted molar refractivity (Wildman–Crippen MR) is 65.5 cm³/mol. The Morgan fingerprint density at radius 2 is 2.06 bits per heavy atom. The van der Waals surface area contributed by atoms with E-state index in [-0.39, 0.29) is 5.56 Å². The Labute approximate surface area is 105 Å². The molecule has 1 aliphatic heterocycles. The van der Waals surface area contributed by atoms with Crippen molar-refractivity contribution in [1.29, 1.82) is 0 Å². The van der Waals surface area contributed by atoms with Crippen molar-refractivity contribution < 1.29 is 13.6 Å². The average molecular weight is 253 g/mol. The minimum absolute atomic E-state index is 0.380. The van der Waals surface area contributed by atoms with Gasteiger partial charge in [0, 0.05) is 12.0 Å². The topological polar surface area (TPSA) is 29.1 Å². The van der Waals surface area contributed by atoms with E-state index in [1.54, 1.807) is 0 Å². The first-order valence-electron chi connectivity index (χ1n) is 6.30. The number of carbonyl (C=O) groups is 1. The first kappa shape index (κ1) is 13.1. The Kier molecular flexibility index (Phi) is 3.76. The monoisotopic (exact) mass is 253 g/mol. The lowest BCUT2D eigenvalue weighted by atomic mass is 9.76. The molecule has 0 aromatic heterocycles. The molecule has 2 nitrogen and oxygen atoms in total. The van der Waals surface area contributed by atoms with Crippen molar-refractivity contribution in [1.82, 2.24) is 5.32 Å². The summed E-state index contributed by atoms with van der Waals surface area (Å²) in [5.41, 5.74) is -1.02. The molecule has 1 saturated heterocycles. The summed E-state index contributed by atoms with van der Waals surface area (Å²) in [5, 5.41) is 3.12. The van der Waals surface area contributed by atoms with Crippen LogP contribution in [0.2, 0.25) is 0 Å². The fourth-order valence-corrected chi connectivity index (χ4v) is 2.72. The second-order valence-electron chi connectivity index (χ2n) is 4.88. The maximum atomic E-state index is 13.7. The van der Waals surface area contributed by atoms with Gasteiger partial charge in [-0.1, -0.05) is 19.4 Å². The van der Waals surface area contributed by atoms with Crippen molar-refractivity contribution >= 4 is 5.78 Å². The van der Waals surface area contributed by atoms with Gasteiger partial charge in [-0.05, 0) is 31.5 Å². The normalized spacial score (nSPS) is 23.3. The molecule has 1 aromatic carbocycles. The van der Waals surface area contributed by atoms with Gasteiger partial charge in [0.05, 0.1) is 5.56 Å². The zero-order valence-corrected chi connectivity index (χ0v) is 10.4. The zero-order chi connectivity index (χ0) is 13.2. The highest BCUT2D eigenvalue weighted by Gasteiger charge is 2.42. The van der Waals surface area contributed by atoms with E-state index < -0.39 is 22.8 Å². The molecule has 1 N–H and O–H groups in total. The zero-order valence-electron chi connectivity index (χ0n) is 10.4. The third kappa shape index (κ3) is 2.17. The number of Topliss-reactive ketones (excluding diaryl/α,β-unsaturated/α-hetero) is 1. The molecule has 4 heteroatoms. The van der Waals surface area contributed by atoms with Crippen molar-refractivity contribution in [2.45, 2.75) is 26.2 Å². The van der Waals surface area contributed by atoms with Crippen LogP contribution in [0.3, 0.4) is 0 Å². The summed E-state index contributed by atoms with van der Waals surface area (Å²) in [4.78, 5) is 12.5. The Morgan fingerprint density at radius 1 is 1.39 bits per heavy atom. The molecule has 0 radical (unpaired) electrons. The Bertz CT molecular complexity index is 433. The minimum Gasteiger partial charge on any atom is -0.316 e. The van der Waals surface area contributed by atoms with Crippen LogP contribution in [0.5, 0.6) is 0 Å². The molecule has 0 aliphatic carbocycles. The summed E-state index contributed by atoms with van der Waals surface area (Å²) in [6, 6.07) is 3.55.